The first-order valence-electron chi connectivity index (χ1n) is 3.65. The van der Waals surface area contributed by atoms with Crippen LogP contribution in [0.5, 0.6) is 0 Å². The fourth-order valence-corrected chi connectivity index (χ4v) is 1.62. The van der Waals surface area contributed by atoms with Gasteiger partial charge in [0.1, 0.15) is 0 Å². The molecule has 1 atom stereocenters. The Morgan fingerprint density at radius 1 is 1.45 bits per heavy atom. The van der Waals surface area contributed by atoms with E-state index in [1.54, 1.807) is 0 Å². The van der Waals surface area contributed by atoms with Crippen LogP contribution in [0, 0.1) is 5.41 Å². The average Bonchev–Trinajstić information content (AvgIpc) is 2.45. The van der Waals surface area contributed by atoms with E-state index < -0.39 is 5.41 Å². The summed E-state index contributed by atoms with van der Waals surface area (Å²) in [4.78, 5) is 22.0. The monoisotopic (exact) mass is 155 g/mol. The summed E-state index contributed by atoms with van der Waals surface area (Å²) in [6.07, 6.45) is 0.996. The van der Waals surface area contributed by atoms with Gasteiger partial charge < -0.3 is 4.74 Å². The van der Waals surface area contributed by atoms with Gasteiger partial charge in [0, 0.05) is 13.0 Å². The largest absolute Gasteiger partial charge is 0.380 e. The molecule has 1 unspecified atom stereocenters. The summed E-state index contributed by atoms with van der Waals surface area (Å²) in [6.45, 7) is 1.01. The zero-order valence-electron chi connectivity index (χ0n) is 6.05. The second kappa shape index (κ2) is 2.04. The number of amides is 2. The SMILES string of the molecule is O=C1CC2(CCOC2)C(=O)N1. The summed E-state index contributed by atoms with van der Waals surface area (Å²) >= 11 is 0. The van der Waals surface area contributed by atoms with Crippen LogP contribution < -0.4 is 5.32 Å². The van der Waals surface area contributed by atoms with Crippen LogP contribution in [0.3, 0.4) is 0 Å². The first-order valence-corrected chi connectivity index (χ1v) is 3.65. The number of carbonyl (C=O) groups excluding carboxylic acids is 2. The minimum Gasteiger partial charge on any atom is -0.380 e. The van der Waals surface area contributed by atoms with Gasteiger partial charge in [0.2, 0.25) is 11.8 Å². The molecule has 2 heterocycles. The maximum absolute atomic E-state index is 11.2. The van der Waals surface area contributed by atoms with Gasteiger partial charge in [0.05, 0.1) is 12.0 Å². The van der Waals surface area contributed by atoms with Crippen molar-refractivity contribution in [2.75, 3.05) is 13.2 Å². The summed E-state index contributed by atoms with van der Waals surface area (Å²) < 4.78 is 5.09. The number of hydrogen-bond acceptors (Lipinski definition) is 3. The molecule has 0 aromatic heterocycles. The van der Waals surface area contributed by atoms with Crippen LogP contribution >= 0.6 is 0 Å². The lowest BCUT2D eigenvalue weighted by molar-refractivity contribution is -0.128. The van der Waals surface area contributed by atoms with Crippen molar-refractivity contribution in [3.63, 3.8) is 0 Å². The van der Waals surface area contributed by atoms with E-state index in [2.05, 4.69) is 5.32 Å². The van der Waals surface area contributed by atoms with E-state index in [1.807, 2.05) is 0 Å². The van der Waals surface area contributed by atoms with Crippen molar-refractivity contribution < 1.29 is 14.3 Å². The molecule has 0 aliphatic carbocycles. The zero-order valence-corrected chi connectivity index (χ0v) is 6.05. The van der Waals surface area contributed by atoms with E-state index >= 15 is 0 Å². The molecule has 2 saturated heterocycles. The van der Waals surface area contributed by atoms with Crippen molar-refractivity contribution in [2.24, 2.45) is 5.41 Å². The van der Waals surface area contributed by atoms with Crippen LogP contribution in [-0.4, -0.2) is 25.0 Å². The van der Waals surface area contributed by atoms with Crippen LogP contribution in [0.4, 0.5) is 0 Å². The molecule has 0 saturated carbocycles. The fraction of sp³-hybridized carbons (Fsp3) is 0.714. The molecular formula is C7H9NO3. The average molecular weight is 155 g/mol. The molecule has 0 aromatic carbocycles. The summed E-state index contributed by atoms with van der Waals surface area (Å²) in [5.74, 6) is -0.319. The van der Waals surface area contributed by atoms with Gasteiger partial charge in [-0.05, 0) is 6.42 Å². The highest BCUT2D eigenvalue weighted by molar-refractivity contribution is 6.06. The quantitative estimate of drug-likeness (QED) is 0.477. The Morgan fingerprint density at radius 3 is 2.73 bits per heavy atom. The number of rotatable bonds is 0. The summed E-state index contributed by atoms with van der Waals surface area (Å²) in [6, 6.07) is 0. The lowest BCUT2D eigenvalue weighted by Gasteiger charge is -2.13. The predicted octanol–water partition coefficient (Wildman–Crippen LogP) is -0.560. The third kappa shape index (κ3) is 0.860. The number of nitrogens with one attached hydrogen (secondary N) is 1. The van der Waals surface area contributed by atoms with E-state index in [-0.39, 0.29) is 11.8 Å². The molecule has 2 fully saturated rings. The van der Waals surface area contributed by atoms with Crippen LogP contribution in [0.15, 0.2) is 0 Å². The minimum absolute atomic E-state index is 0.153. The Hall–Kier alpha value is -0.900. The summed E-state index contributed by atoms with van der Waals surface area (Å²) in [5.41, 5.74) is -0.503. The Balaban J connectivity index is 2.24. The van der Waals surface area contributed by atoms with Gasteiger partial charge in [-0.1, -0.05) is 0 Å². The highest BCUT2D eigenvalue weighted by atomic mass is 16.5. The van der Waals surface area contributed by atoms with E-state index in [4.69, 9.17) is 4.74 Å². The van der Waals surface area contributed by atoms with Crippen molar-refractivity contribution in [1.82, 2.24) is 5.32 Å². The molecule has 2 amide bonds. The van der Waals surface area contributed by atoms with Gasteiger partial charge in [-0.3, -0.25) is 14.9 Å². The molecule has 0 bridgehead atoms. The molecule has 2 aliphatic rings. The van der Waals surface area contributed by atoms with Crippen molar-refractivity contribution in [1.29, 1.82) is 0 Å². The van der Waals surface area contributed by atoms with Gasteiger partial charge in [-0.15, -0.1) is 0 Å². The molecule has 4 heteroatoms. The van der Waals surface area contributed by atoms with Crippen molar-refractivity contribution >= 4 is 11.8 Å². The third-order valence-corrected chi connectivity index (χ3v) is 2.34. The topological polar surface area (TPSA) is 55.4 Å². The molecular weight excluding hydrogens is 146 g/mol. The second-order valence-corrected chi connectivity index (χ2v) is 3.14. The number of carbonyl (C=O) groups is 2. The Kier molecular flexibility index (Phi) is 1.26. The molecule has 0 radical (unpaired) electrons. The molecule has 2 aliphatic heterocycles. The first kappa shape index (κ1) is 6.79. The molecule has 1 spiro atoms. The standard InChI is InChI=1S/C7H9NO3/c9-5-3-7(6(10)8-5)1-2-11-4-7/h1-4H2,(H,8,9,10). The van der Waals surface area contributed by atoms with Crippen LogP contribution in [0.2, 0.25) is 0 Å². The summed E-state index contributed by atoms with van der Waals surface area (Å²) in [7, 11) is 0. The zero-order chi connectivity index (χ0) is 7.90. The van der Waals surface area contributed by atoms with E-state index in [1.165, 1.54) is 0 Å². The lowest BCUT2D eigenvalue weighted by Crippen LogP contribution is -2.31. The second-order valence-electron chi connectivity index (χ2n) is 3.14. The normalized spacial score (nSPS) is 36.7. The van der Waals surface area contributed by atoms with E-state index in [9.17, 15) is 9.59 Å². The van der Waals surface area contributed by atoms with Gasteiger partial charge in [0.25, 0.3) is 0 Å². The molecule has 4 nitrogen and oxygen atoms in total. The van der Waals surface area contributed by atoms with Gasteiger partial charge in [0.15, 0.2) is 0 Å². The number of hydrogen-bond donors (Lipinski definition) is 1. The molecule has 0 aromatic rings. The maximum atomic E-state index is 11.2. The van der Waals surface area contributed by atoms with Gasteiger partial charge in [-0.25, -0.2) is 0 Å². The molecule has 1 N–H and O–H groups in total. The highest BCUT2D eigenvalue weighted by Crippen LogP contribution is 2.35. The number of imide groups is 1. The Bertz CT molecular complexity index is 218. The Labute approximate surface area is 63.9 Å². The maximum Gasteiger partial charge on any atom is 0.235 e. The van der Waals surface area contributed by atoms with Crippen molar-refractivity contribution in [3.05, 3.63) is 0 Å². The molecule has 60 valence electrons. The predicted molar refractivity (Wildman–Crippen MR) is 35.6 cm³/mol. The number of ether oxygens (including phenoxy) is 1. The highest BCUT2D eigenvalue weighted by Gasteiger charge is 2.49. The first-order chi connectivity index (χ1) is 5.23. The van der Waals surface area contributed by atoms with Gasteiger partial charge in [-0.2, -0.15) is 0 Å². The van der Waals surface area contributed by atoms with Crippen LogP contribution in [-0.2, 0) is 14.3 Å². The van der Waals surface area contributed by atoms with E-state index in [0.717, 1.165) is 0 Å². The van der Waals surface area contributed by atoms with Crippen LogP contribution in [0.1, 0.15) is 12.8 Å². The minimum atomic E-state index is -0.503. The Morgan fingerprint density at radius 2 is 2.27 bits per heavy atom. The van der Waals surface area contributed by atoms with Crippen molar-refractivity contribution in [2.45, 2.75) is 12.8 Å². The molecule has 2 rings (SSSR count). The third-order valence-electron chi connectivity index (χ3n) is 2.34. The molecule has 11 heavy (non-hydrogen) atoms. The van der Waals surface area contributed by atoms with Crippen molar-refractivity contribution in [3.8, 4) is 0 Å². The van der Waals surface area contributed by atoms with Gasteiger partial charge >= 0.3 is 0 Å². The van der Waals surface area contributed by atoms with Crippen LogP contribution in [0.25, 0.3) is 0 Å². The van der Waals surface area contributed by atoms with E-state index in [0.29, 0.717) is 26.1 Å². The fourth-order valence-electron chi connectivity index (χ4n) is 1.62. The summed E-state index contributed by atoms with van der Waals surface area (Å²) in [5, 5.41) is 2.29. The lowest BCUT2D eigenvalue weighted by atomic mass is 9.86. The smallest absolute Gasteiger partial charge is 0.235 e.